The maximum Gasteiger partial charge on any atom is 0.228 e. The number of amides is 1. The molecule has 0 saturated heterocycles. The molecule has 0 unspecified atom stereocenters. The summed E-state index contributed by atoms with van der Waals surface area (Å²) in [6.45, 7) is 1.83. The van der Waals surface area contributed by atoms with E-state index in [4.69, 9.17) is 11.5 Å². The van der Waals surface area contributed by atoms with Gasteiger partial charge in [0.2, 0.25) is 11.9 Å². The molecule has 1 amide bonds. The molecule has 1 aliphatic rings. The molecular weight excluding hydrogens is 182 g/mol. The van der Waals surface area contributed by atoms with Gasteiger partial charge in [0.25, 0.3) is 0 Å². The molecule has 1 atom stereocenters. The van der Waals surface area contributed by atoms with Crippen LogP contribution < -0.4 is 16.8 Å². The summed E-state index contributed by atoms with van der Waals surface area (Å²) in [6, 6.07) is 0. The van der Waals surface area contributed by atoms with Gasteiger partial charge in [-0.25, -0.2) is 0 Å². The van der Waals surface area contributed by atoms with E-state index in [0.717, 1.165) is 5.56 Å². The Labute approximate surface area is 80.7 Å². The van der Waals surface area contributed by atoms with Gasteiger partial charge >= 0.3 is 0 Å². The Morgan fingerprint density at radius 2 is 2.14 bits per heavy atom. The Morgan fingerprint density at radius 3 is 2.86 bits per heavy atom. The van der Waals surface area contributed by atoms with E-state index in [0.29, 0.717) is 18.1 Å². The normalized spacial score (nSPS) is 20.1. The lowest BCUT2D eigenvalue weighted by atomic mass is 9.97. The molecular formula is C8H11N5O. The van der Waals surface area contributed by atoms with Crippen molar-refractivity contribution in [3.63, 3.8) is 0 Å². The Bertz CT molecular complexity index is 403. The van der Waals surface area contributed by atoms with Gasteiger partial charge in [-0.05, 0) is 6.42 Å². The molecule has 0 aliphatic carbocycles. The van der Waals surface area contributed by atoms with Gasteiger partial charge in [0.1, 0.15) is 11.6 Å². The molecule has 0 aromatic carbocycles. The van der Waals surface area contributed by atoms with Crippen LogP contribution in [0.15, 0.2) is 0 Å². The first kappa shape index (κ1) is 8.74. The van der Waals surface area contributed by atoms with Crippen molar-refractivity contribution in [2.24, 2.45) is 5.92 Å². The van der Waals surface area contributed by atoms with Crippen LogP contribution in [0.5, 0.6) is 0 Å². The lowest BCUT2D eigenvalue weighted by Gasteiger charge is -2.21. The number of rotatable bonds is 0. The van der Waals surface area contributed by atoms with Crippen LogP contribution in [0.25, 0.3) is 0 Å². The number of nitrogens with one attached hydrogen (secondary N) is 1. The highest BCUT2D eigenvalue weighted by Gasteiger charge is 2.25. The van der Waals surface area contributed by atoms with Crippen molar-refractivity contribution in [1.29, 1.82) is 0 Å². The molecule has 0 radical (unpaired) electrons. The Kier molecular flexibility index (Phi) is 1.77. The quantitative estimate of drug-likeness (QED) is 0.527. The van der Waals surface area contributed by atoms with E-state index in [2.05, 4.69) is 15.3 Å². The molecule has 0 bridgehead atoms. The molecule has 2 rings (SSSR count). The fourth-order valence-corrected chi connectivity index (χ4v) is 1.46. The second-order valence-electron chi connectivity index (χ2n) is 3.39. The van der Waals surface area contributed by atoms with Crippen molar-refractivity contribution in [3.8, 4) is 0 Å². The lowest BCUT2D eigenvalue weighted by molar-refractivity contribution is -0.119. The fourth-order valence-electron chi connectivity index (χ4n) is 1.46. The summed E-state index contributed by atoms with van der Waals surface area (Å²) >= 11 is 0. The van der Waals surface area contributed by atoms with E-state index in [1.165, 1.54) is 0 Å². The number of carbonyl (C=O) groups excluding carboxylic acids is 1. The van der Waals surface area contributed by atoms with Gasteiger partial charge in [-0.3, -0.25) is 4.79 Å². The number of fused-ring (bicyclic) bond motifs is 1. The molecule has 6 nitrogen and oxygen atoms in total. The number of carbonyl (C=O) groups is 1. The van der Waals surface area contributed by atoms with E-state index in [9.17, 15) is 4.79 Å². The van der Waals surface area contributed by atoms with Gasteiger partial charge in [-0.2, -0.15) is 9.97 Å². The van der Waals surface area contributed by atoms with Gasteiger partial charge < -0.3 is 16.8 Å². The van der Waals surface area contributed by atoms with Gasteiger partial charge in [0.15, 0.2) is 0 Å². The number of aromatic nitrogens is 2. The monoisotopic (exact) mass is 193 g/mol. The van der Waals surface area contributed by atoms with Crippen LogP contribution in [-0.4, -0.2) is 15.9 Å². The molecule has 1 aromatic heterocycles. The topological polar surface area (TPSA) is 107 Å². The first-order chi connectivity index (χ1) is 6.58. The van der Waals surface area contributed by atoms with Crippen LogP contribution in [0.2, 0.25) is 0 Å². The van der Waals surface area contributed by atoms with Crippen molar-refractivity contribution in [2.45, 2.75) is 13.3 Å². The molecule has 14 heavy (non-hydrogen) atoms. The minimum Gasteiger partial charge on any atom is -0.383 e. The zero-order valence-electron chi connectivity index (χ0n) is 7.74. The van der Waals surface area contributed by atoms with Gasteiger partial charge in [-0.15, -0.1) is 0 Å². The Morgan fingerprint density at radius 1 is 1.43 bits per heavy atom. The van der Waals surface area contributed by atoms with E-state index < -0.39 is 0 Å². The summed E-state index contributed by atoms with van der Waals surface area (Å²) < 4.78 is 0. The van der Waals surface area contributed by atoms with Crippen LogP contribution in [0, 0.1) is 5.92 Å². The first-order valence-electron chi connectivity index (χ1n) is 4.30. The number of nitrogens with zero attached hydrogens (tertiary/aromatic N) is 2. The van der Waals surface area contributed by atoms with Crippen molar-refractivity contribution in [3.05, 3.63) is 5.56 Å². The zero-order chi connectivity index (χ0) is 10.3. The van der Waals surface area contributed by atoms with E-state index in [-0.39, 0.29) is 17.8 Å². The highest BCUT2D eigenvalue weighted by Crippen LogP contribution is 2.27. The second-order valence-corrected chi connectivity index (χ2v) is 3.39. The predicted molar refractivity (Wildman–Crippen MR) is 52.4 cm³/mol. The number of hydrogen-bond donors (Lipinski definition) is 3. The van der Waals surface area contributed by atoms with Gasteiger partial charge in [-0.1, -0.05) is 6.92 Å². The fraction of sp³-hybridized carbons (Fsp3) is 0.375. The summed E-state index contributed by atoms with van der Waals surface area (Å²) in [5.74, 6) is 0.709. The minimum atomic E-state index is -0.1000. The van der Waals surface area contributed by atoms with Gasteiger partial charge in [0.05, 0.1) is 0 Å². The molecule has 2 heterocycles. The van der Waals surface area contributed by atoms with Crippen molar-refractivity contribution in [1.82, 2.24) is 9.97 Å². The molecule has 0 spiro atoms. The molecule has 1 aromatic rings. The summed E-state index contributed by atoms with van der Waals surface area (Å²) in [6.07, 6.45) is 0.563. The van der Waals surface area contributed by atoms with E-state index in [1.54, 1.807) is 0 Å². The van der Waals surface area contributed by atoms with E-state index >= 15 is 0 Å². The standard InChI is InChI=1S/C8H11N5O/c1-3-2-4-5(9)11-8(10)13-6(4)12-7(3)14/h3H,2H2,1H3,(H5,9,10,11,12,13,14)/t3-/m1/s1. The molecule has 0 fully saturated rings. The maximum atomic E-state index is 11.3. The molecule has 5 N–H and O–H groups in total. The van der Waals surface area contributed by atoms with Crippen LogP contribution in [-0.2, 0) is 11.2 Å². The summed E-state index contributed by atoms with van der Waals surface area (Å²) in [4.78, 5) is 19.1. The molecule has 74 valence electrons. The predicted octanol–water partition coefficient (Wildman–Crippen LogP) is -0.228. The maximum absolute atomic E-state index is 11.3. The molecule has 6 heteroatoms. The average Bonchev–Trinajstić information content (AvgIpc) is 2.08. The third-order valence-electron chi connectivity index (χ3n) is 2.26. The van der Waals surface area contributed by atoms with Crippen molar-refractivity contribution < 1.29 is 4.79 Å². The van der Waals surface area contributed by atoms with Crippen LogP contribution >= 0.6 is 0 Å². The SMILES string of the molecule is C[C@@H]1Cc2c(N)nc(N)nc2NC1=O. The summed E-state index contributed by atoms with van der Waals surface area (Å²) in [5, 5.41) is 2.64. The Hall–Kier alpha value is -1.85. The lowest BCUT2D eigenvalue weighted by Crippen LogP contribution is -2.29. The van der Waals surface area contributed by atoms with Crippen molar-refractivity contribution >= 4 is 23.5 Å². The minimum absolute atomic E-state index is 0.0602. The number of nitrogens with two attached hydrogens (primary N) is 2. The third-order valence-corrected chi connectivity index (χ3v) is 2.26. The molecule has 1 aliphatic heterocycles. The zero-order valence-corrected chi connectivity index (χ0v) is 7.74. The smallest absolute Gasteiger partial charge is 0.228 e. The van der Waals surface area contributed by atoms with Gasteiger partial charge in [0, 0.05) is 11.5 Å². The summed E-state index contributed by atoms with van der Waals surface area (Å²) in [5.41, 5.74) is 11.8. The summed E-state index contributed by atoms with van der Waals surface area (Å²) in [7, 11) is 0. The molecule has 0 saturated carbocycles. The average molecular weight is 193 g/mol. The number of anilines is 3. The largest absolute Gasteiger partial charge is 0.383 e. The number of nitrogen functional groups attached to an aromatic ring is 2. The highest BCUT2D eigenvalue weighted by atomic mass is 16.2. The second kappa shape index (κ2) is 2.83. The van der Waals surface area contributed by atoms with E-state index in [1.807, 2.05) is 6.92 Å². The number of hydrogen-bond acceptors (Lipinski definition) is 5. The Balaban J connectivity index is 2.51. The van der Waals surface area contributed by atoms with Crippen LogP contribution in [0.1, 0.15) is 12.5 Å². The van der Waals surface area contributed by atoms with Crippen molar-refractivity contribution in [2.75, 3.05) is 16.8 Å². The first-order valence-corrected chi connectivity index (χ1v) is 4.30. The van der Waals surface area contributed by atoms with Crippen LogP contribution in [0.3, 0.4) is 0 Å². The highest BCUT2D eigenvalue weighted by molar-refractivity contribution is 5.95. The third kappa shape index (κ3) is 1.24. The van der Waals surface area contributed by atoms with Crippen LogP contribution in [0.4, 0.5) is 17.6 Å².